The van der Waals surface area contributed by atoms with Crippen LogP contribution in [0.25, 0.3) is 11.3 Å². The molecule has 2 atom stereocenters. The molecule has 184 valence electrons. The van der Waals surface area contributed by atoms with Crippen LogP contribution in [0.2, 0.25) is 0 Å². The maximum atomic E-state index is 14.6. The third-order valence-electron chi connectivity index (χ3n) is 5.65. The van der Waals surface area contributed by atoms with E-state index in [-0.39, 0.29) is 41.6 Å². The number of carbonyl (C=O) groups is 1. The average molecular weight is 483 g/mol. The predicted octanol–water partition coefficient (Wildman–Crippen LogP) is 3.78. The molecule has 1 saturated heterocycles. The van der Waals surface area contributed by atoms with Gasteiger partial charge in [-0.2, -0.15) is 0 Å². The van der Waals surface area contributed by atoms with Crippen LogP contribution in [0.1, 0.15) is 30.3 Å². The fourth-order valence-corrected chi connectivity index (χ4v) is 4.02. The first-order valence-electron chi connectivity index (χ1n) is 11.4. The summed E-state index contributed by atoms with van der Waals surface area (Å²) in [7, 11) is 0. The quantitative estimate of drug-likeness (QED) is 0.469. The van der Waals surface area contributed by atoms with E-state index in [0.29, 0.717) is 30.3 Å². The molecule has 10 heteroatoms. The Kier molecular flexibility index (Phi) is 7.40. The number of benzene rings is 1. The highest BCUT2D eigenvalue weighted by molar-refractivity contribution is 6.08. The second kappa shape index (κ2) is 10.6. The van der Waals surface area contributed by atoms with Crippen molar-refractivity contribution in [1.82, 2.24) is 9.97 Å². The molecule has 2 aromatic heterocycles. The Morgan fingerprint density at radius 3 is 2.86 bits per heavy atom. The van der Waals surface area contributed by atoms with Crippen molar-refractivity contribution in [3.8, 4) is 17.0 Å². The van der Waals surface area contributed by atoms with Crippen molar-refractivity contribution < 1.29 is 18.3 Å². The summed E-state index contributed by atoms with van der Waals surface area (Å²) in [6.07, 6.45) is 3.05. The Morgan fingerprint density at radius 1 is 1.26 bits per heavy atom. The molecule has 1 amide bonds. The number of carbonyl (C=O) groups excluding carboxylic acids is 1. The number of nitrogens with two attached hydrogens (primary N) is 2. The molecule has 0 radical (unpaired) electrons. The fraction of sp³-hybridized carbons (Fsp3) is 0.320. The van der Waals surface area contributed by atoms with E-state index in [4.69, 9.17) is 16.2 Å². The van der Waals surface area contributed by atoms with E-state index in [9.17, 15) is 13.6 Å². The molecule has 5 N–H and O–H groups in total. The second-order valence-electron chi connectivity index (χ2n) is 8.47. The van der Waals surface area contributed by atoms with Gasteiger partial charge in [0.2, 0.25) is 0 Å². The number of piperidine rings is 1. The molecule has 0 bridgehead atoms. The topological polar surface area (TPSA) is 119 Å². The maximum Gasteiger partial charge on any atom is 0.276 e. The zero-order valence-electron chi connectivity index (χ0n) is 19.4. The zero-order valence-corrected chi connectivity index (χ0v) is 19.4. The van der Waals surface area contributed by atoms with Crippen LogP contribution in [0.3, 0.4) is 0 Å². The number of nitrogen functional groups attached to an aromatic ring is 1. The summed E-state index contributed by atoms with van der Waals surface area (Å²) in [5.74, 6) is -0.608. The Morgan fingerprint density at radius 2 is 2.09 bits per heavy atom. The van der Waals surface area contributed by atoms with Crippen LogP contribution in [0.5, 0.6) is 5.75 Å². The number of nitrogens with zero attached hydrogens (tertiary/aromatic N) is 3. The number of ether oxygens (including phenoxy) is 1. The average Bonchev–Trinajstić information content (AvgIpc) is 2.83. The lowest BCUT2D eigenvalue weighted by atomic mass is 10.0. The van der Waals surface area contributed by atoms with Crippen LogP contribution in [0.15, 0.2) is 48.8 Å². The molecule has 1 aliphatic rings. The van der Waals surface area contributed by atoms with Crippen LogP contribution in [-0.2, 0) is 0 Å². The third kappa shape index (κ3) is 5.65. The number of aromatic nitrogens is 2. The second-order valence-corrected chi connectivity index (χ2v) is 8.47. The van der Waals surface area contributed by atoms with Gasteiger partial charge in [0.05, 0.1) is 35.6 Å². The Balaban J connectivity index is 1.61. The van der Waals surface area contributed by atoms with Crippen LogP contribution in [-0.4, -0.2) is 47.8 Å². The van der Waals surface area contributed by atoms with Gasteiger partial charge in [-0.05, 0) is 49.2 Å². The van der Waals surface area contributed by atoms with Crippen molar-refractivity contribution >= 4 is 23.0 Å². The van der Waals surface area contributed by atoms with Gasteiger partial charge in [0.1, 0.15) is 17.7 Å². The van der Waals surface area contributed by atoms with Gasteiger partial charge in [-0.15, -0.1) is 0 Å². The summed E-state index contributed by atoms with van der Waals surface area (Å²) in [5, 5.41) is 2.76. The monoisotopic (exact) mass is 482 g/mol. The number of hydrogen-bond acceptors (Lipinski definition) is 7. The first-order valence-corrected chi connectivity index (χ1v) is 11.4. The highest BCUT2D eigenvalue weighted by atomic mass is 19.1. The summed E-state index contributed by atoms with van der Waals surface area (Å²) in [6, 6.07) is 8.77. The van der Waals surface area contributed by atoms with E-state index in [1.165, 1.54) is 30.5 Å². The summed E-state index contributed by atoms with van der Waals surface area (Å²) in [5.41, 5.74) is 13.5. The maximum absolute atomic E-state index is 14.6. The van der Waals surface area contributed by atoms with Crippen molar-refractivity contribution in [3.63, 3.8) is 0 Å². The lowest BCUT2D eigenvalue weighted by molar-refractivity contribution is 0.102. The number of nitrogens with one attached hydrogen (secondary N) is 1. The van der Waals surface area contributed by atoms with E-state index in [1.807, 2.05) is 6.92 Å². The molecule has 3 heterocycles. The number of rotatable bonds is 7. The van der Waals surface area contributed by atoms with Crippen molar-refractivity contribution in [2.24, 2.45) is 5.73 Å². The number of pyridine rings is 2. The highest BCUT2D eigenvalue weighted by Crippen LogP contribution is 2.30. The number of halogens is 2. The van der Waals surface area contributed by atoms with Crippen molar-refractivity contribution in [3.05, 3.63) is 60.3 Å². The van der Waals surface area contributed by atoms with E-state index in [1.54, 1.807) is 23.2 Å². The minimum atomic E-state index is -1.07. The van der Waals surface area contributed by atoms with Gasteiger partial charge >= 0.3 is 0 Å². The lowest BCUT2D eigenvalue weighted by Gasteiger charge is -2.35. The first kappa shape index (κ1) is 24.3. The molecule has 1 aromatic carbocycles. The number of alkyl halides is 1. The van der Waals surface area contributed by atoms with Crippen molar-refractivity contribution in [2.45, 2.75) is 32.0 Å². The van der Waals surface area contributed by atoms with Crippen LogP contribution < -0.4 is 26.4 Å². The van der Waals surface area contributed by atoms with Crippen LogP contribution in [0, 0.1) is 5.82 Å². The van der Waals surface area contributed by atoms with E-state index < -0.39 is 17.9 Å². The van der Waals surface area contributed by atoms with Crippen molar-refractivity contribution in [1.29, 1.82) is 0 Å². The molecule has 0 saturated carbocycles. The predicted molar refractivity (Wildman–Crippen MR) is 132 cm³/mol. The smallest absolute Gasteiger partial charge is 0.276 e. The summed E-state index contributed by atoms with van der Waals surface area (Å²) >= 11 is 0. The Hall–Kier alpha value is -3.79. The minimum Gasteiger partial charge on any atom is -0.494 e. The van der Waals surface area contributed by atoms with Crippen LogP contribution >= 0.6 is 0 Å². The SMILES string of the molecule is CCCOc1ccc(F)c(-c2ccc(N)c(C(=O)Nc3cnccc3N3CC(N)CC(F)C3)n2)c1. The van der Waals surface area contributed by atoms with Gasteiger partial charge in [-0.25, -0.2) is 13.8 Å². The molecule has 2 unspecified atom stereocenters. The molecular weight excluding hydrogens is 454 g/mol. The normalized spacial score (nSPS) is 17.8. The molecule has 3 aromatic rings. The third-order valence-corrected chi connectivity index (χ3v) is 5.65. The molecule has 35 heavy (non-hydrogen) atoms. The molecule has 1 fully saturated rings. The van der Waals surface area contributed by atoms with Gasteiger partial charge in [-0.3, -0.25) is 9.78 Å². The molecule has 8 nitrogen and oxygen atoms in total. The molecule has 0 aliphatic carbocycles. The lowest BCUT2D eigenvalue weighted by Crippen LogP contribution is -2.48. The molecule has 4 rings (SSSR count). The number of anilines is 3. The summed E-state index contributed by atoms with van der Waals surface area (Å²) in [6.45, 7) is 3.07. The highest BCUT2D eigenvalue weighted by Gasteiger charge is 2.27. The van der Waals surface area contributed by atoms with Gasteiger partial charge in [0.25, 0.3) is 5.91 Å². The summed E-state index contributed by atoms with van der Waals surface area (Å²) in [4.78, 5) is 23.4. The Bertz CT molecular complexity index is 1200. The van der Waals surface area contributed by atoms with E-state index >= 15 is 0 Å². The first-order chi connectivity index (χ1) is 16.9. The number of amides is 1. The molecule has 0 spiro atoms. The van der Waals surface area contributed by atoms with Gasteiger partial charge in [0.15, 0.2) is 5.69 Å². The molecular formula is C25H28F2N6O2. The van der Waals surface area contributed by atoms with Gasteiger partial charge < -0.3 is 26.4 Å². The largest absolute Gasteiger partial charge is 0.494 e. The van der Waals surface area contributed by atoms with Crippen LogP contribution in [0.4, 0.5) is 25.8 Å². The van der Waals surface area contributed by atoms with Gasteiger partial charge in [-0.1, -0.05) is 6.92 Å². The van der Waals surface area contributed by atoms with E-state index in [2.05, 4.69) is 15.3 Å². The Labute approximate surface area is 202 Å². The summed E-state index contributed by atoms with van der Waals surface area (Å²) < 4.78 is 34.3. The standard InChI is InChI=1S/C25H28F2N6O2/c1-2-9-35-17-3-4-19(27)18(11-17)21-6-5-20(29)24(31-21)25(34)32-22-12-30-8-7-23(22)33-13-15(26)10-16(28)14-33/h3-8,11-12,15-16H,2,9-10,13-14,28-29H2,1H3,(H,32,34). The molecule has 1 aliphatic heterocycles. The van der Waals surface area contributed by atoms with Crippen molar-refractivity contribution in [2.75, 3.05) is 35.6 Å². The van der Waals surface area contributed by atoms with E-state index in [0.717, 1.165) is 6.42 Å². The number of hydrogen-bond donors (Lipinski definition) is 3. The zero-order chi connectivity index (χ0) is 24.9. The minimum absolute atomic E-state index is 0.0738. The van der Waals surface area contributed by atoms with Gasteiger partial charge in [0, 0.05) is 30.9 Å². The fourth-order valence-electron chi connectivity index (χ4n) is 4.02.